The van der Waals surface area contributed by atoms with E-state index >= 15 is 0 Å². The van der Waals surface area contributed by atoms with E-state index in [9.17, 15) is 4.79 Å². The van der Waals surface area contributed by atoms with Gasteiger partial charge in [0.05, 0.1) is 4.48 Å². The molecule has 0 saturated carbocycles. The predicted octanol–water partition coefficient (Wildman–Crippen LogP) is 3.65. The Balaban J connectivity index is 2.84. The number of rotatable bonds is 3. The van der Waals surface area contributed by atoms with Crippen LogP contribution in [0.2, 0.25) is 0 Å². The van der Waals surface area contributed by atoms with Gasteiger partial charge in [-0.1, -0.05) is 44.2 Å². The highest BCUT2D eigenvalue weighted by Gasteiger charge is 2.10. The van der Waals surface area contributed by atoms with Gasteiger partial charge in [-0.15, -0.1) is 0 Å². The Morgan fingerprint density at radius 1 is 1.29 bits per heavy atom. The maximum absolute atomic E-state index is 11.5. The molecular weight excluding hydrogens is 240 g/mol. The summed E-state index contributed by atoms with van der Waals surface area (Å²) in [4.78, 5) is 11.5. The molecule has 74 valence electrons. The summed E-state index contributed by atoms with van der Waals surface area (Å²) in [7, 11) is 0. The SMILES string of the molecule is CC(C)C(=O)/C(Br)=C\c1ccccc1. The summed E-state index contributed by atoms with van der Waals surface area (Å²) in [6.45, 7) is 3.78. The zero-order chi connectivity index (χ0) is 10.6. The summed E-state index contributed by atoms with van der Waals surface area (Å²) in [6, 6.07) is 9.79. The number of allylic oxidation sites excluding steroid dienone is 1. The molecule has 0 fully saturated rings. The number of carbonyl (C=O) groups excluding carboxylic acids is 1. The molecule has 1 rings (SSSR count). The highest BCUT2D eigenvalue weighted by atomic mass is 79.9. The van der Waals surface area contributed by atoms with E-state index in [1.807, 2.05) is 50.3 Å². The second kappa shape index (κ2) is 5.11. The molecular formula is C12H13BrO. The molecule has 0 aliphatic heterocycles. The third-order valence-corrected chi connectivity index (χ3v) is 2.47. The van der Waals surface area contributed by atoms with Gasteiger partial charge in [-0.25, -0.2) is 0 Å². The fourth-order valence-electron chi connectivity index (χ4n) is 1.04. The lowest BCUT2D eigenvalue weighted by Gasteiger charge is -2.02. The average Bonchev–Trinajstić information content (AvgIpc) is 2.18. The summed E-state index contributed by atoms with van der Waals surface area (Å²) >= 11 is 3.29. The van der Waals surface area contributed by atoms with Crippen molar-refractivity contribution in [3.63, 3.8) is 0 Å². The van der Waals surface area contributed by atoms with Crippen molar-refractivity contribution < 1.29 is 4.79 Å². The van der Waals surface area contributed by atoms with Crippen molar-refractivity contribution in [2.24, 2.45) is 5.92 Å². The molecule has 2 heteroatoms. The van der Waals surface area contributed by atoms with Crippen LogP contribution in [0.5, 0.6) is 0 Å². The number of benzene rings is 1. The van der Waals surface area contributed by atoms with Gasteiger partial charge < -0.3 is 0 Å². The monoisotopic (exact) mass is 252 g/mol. The lowest BCUT2D eigenvalue weighted by atomic mass is 10.1. The summed E-state index contributed by atoms with van der Waals surface area (Å²) in [5.74, 6) is 0.165. The van der Waals surface area contributed by atoms with E-state index in [-0.39, 0.29) is 11.7 Å². The minimum Gasteiger partial charge on any atom is -0.293 e. The second-order valence-corrected chi connectivity index (χ2v) is 4.28. The van der Waals surface area contributed by atoms with E-state index < -0.39 is 0 Å². The Kier molecular flexibility index (Phi) is 4.08. The zero-order valence-electron chi connectivity index (χ0n) is 8.33. The Hall–Kier alpha value is -0.890. The molecule has 0 bridgehead atoms. The average molecular weight is 253 g/mol. The lowest BCUT2D eigenvalue weighted by Crippen LogP contribution is -2.05. The third-order valence-electron chi connectivity index (χ3n) is 1.85. The van der Waals surface area contributed by atoms with Crippen LogP contribution >= 0.6 is 15.9 Å². The van der Waals surface area contributed by atoms with Crippen LogP contribution in [-0.4, -0.2) is 5.78 Å². The number of hydrogen-bond acceptors (Lipinski definition) is 1. The highest BCUT2D eigenvalue weighted by molar-refractivity contribution is 9.12. The zero-order valence-corrected chi connectivity index (χ0v) is 9.91. The smallest absolute Gasteiger partial charge is 0.172 e. The Labute approximate surface area is 93.0 Å². The molecule has 0 heterocycles. The second-order valence-electron chi connectivity index (χ2n) is 3.42. The Morgan fingerprint density at radius 3 is 2.36 bits per heavy atom. The minimum absolute atomic E-state index is 0.0318. The van der Waals surface area contributed by atoms with Gasteiger partial charge >= 0.3 is 0 Å². The molecule has 1 aromatic carbocycles. The van der Waals surface area contributed by atoms with Crippen molar-refractivity contribution in [2.45, 2.75) is 13.8 Å². The van der Waals surface area contributed by atoms with Gasteiger partial charge in [-0.3, -0.25) is 4.79 Å². The standard InChI is InChI=1S/C12H13BrO/c1-9(2)12(14)11(13)8-10-6-4-3-5-7-10/h3-9H,1-2H3/b11-8+. The van der Waals surface area contributed by atoms with E-state index in [0.717, 1.165) is 5.56 Å². The van der Waals surface area contributed by atoms with Crippen LogP contribution in [0.25, 0.3) is 6.08 Å². The third kappa shape index (κ3) is 3.11. The van der Waals surface area contributed by atoms with E-state index in [2.05, 4.69) is 15.9 Å². The molecule has 0 N–H and O–H groups in total. The van der Waals surface area contributed by atoms with Gasteiger partial charge in [0.2, 0.25) is 0 Å². The summed E-state index contributed by atoms with van der Waals surface area (Å²) in [5.41, 5.74) is 1.04. The fraction of sp³-hybridized carbons (Fsp3) is 0.250. The van der Waals surface area contributed by atoms with E-state index in [1.54, 1.807) is 0 Å². The summed E-state index contributed by atoms with van der Waals surface area (Å²) in [6.07, 6.45) is 1.85. The van der Waals surface area contributed by atoms with Gasteiger partial charge in [0, 0.05) is 5.92 Å². The molecule has 1 aromatic rings. The maximum atomic E-state index is 11.5. The van der Waals surface area contributed by atoms with Crippen LogP contribution in [0.1, 0.15) is 19.4 Å². The normalized spacial score (nSPS) is 11.9. The minimum atomic E-state index is 0.0318. The van der Waals surface area contributed by atoms with Gasteiger partial charge in [0.1, 0.15) is 0 Å². The van der Waals surface area contributed by atoms with Crippen molar-refractivity contribution in [3.05, 3.63) is 40.4 Å². The topological polar surface area (TPSA) is 17.1 Å². The van der Waals surface area contributed by atoms with E-state index in [0.29, 0.717) is 4.48 Å². The molecule has 0 radical (unpaired) electrons. The highest BCUT2D eigenvalue weighted by Crippen LogP contribution is 2.16. The largest absolute Gasteiger partial charge is 0.293 e. The fourth-order valence-corrected chi connectivity index (χ4v) is 1.76. The van der Waals surface area contributed by atoms with Crippen molar-refractivity contribution in [2.75, 3.05) is 0 Å². The van der Waals surface area contributed by atoms with Crippen LogP contribution in [0.4, 0.5) is 0 Å². The first kappa shape index (κ1) is 11.2. The number of carbonyl (C=O) groups is 1. The first-order valence-electron chi connectivity index (χ1n) is 4.57. The molecule has 0 amide bonds. The van der Waals surface area contributed by atoms with Crippen molar-refractivity contribution in [3.8, 4) is 0 Å². The Bertz CT molecular complexity index is 339. The number of hydrogen-bond donors (Lipinski definition) is 0. The van der Waals surface area contributed by atoms with Gasteiger partial charge in [-0.05, 0) is 27.6 Å². The molecule has 1 nitrogen and oxygen atoms in total. The molecule has 14 heavy (non-hydrogen) atoms. The number of halogens is 1. The van der Waals surface area contributed by atoms with E-state index in [1.165, 1.54) is 0 Å². The van der Waals surface area contributed by atoms with Crippen LogP contribution in [0, 0.1) is 5.92 Å². The van der Waals surface area contributed by atoms with Crippen LogP contribution in [-0.2, 0) is 4.79 Å². The molecule has 0 aliphatic carbocycles. The quantitative estimate of drug-likeness (QED) is 0.751. The van der Waals surface area contributed by atoms with E-state index in [4.69, 9.17) is 0 Å². The van der Waals surface area contributed by atoms with Gasteiger partial charge in [0.15, 0.2) is 5.78 Å². The number of ketones is 1. The molecule has 0 atom stereocenters. The van der Waals surface area contributed by atoms with Crippen molar-refractivity contribution in [1.82, 2.24) is 0 Å². The predicted molar refractivity (Wildman–Crippen MR) is 63.2 cm³/mol. The lowest BCUT2D eigenvalue weighted by molar-refractivity contribution is -0.117. The van der Waals surface area contributed by atoms with Crippen LogP contribution in [0.15, 0.2) is 34.8 Å². The molecule has 0 spiro atoms. The van der Waals surface area contributed by atoms with Crippen LogP contribution in [0.3, 0.4) is 0 Å². The molecule has 0 saturated heterocycles. The molecule has 0 aliphatic rings. The van der Waals surface area contributed by atoms with Crippen LogP contribution < -0.4 is 0 Å². The number of Topliss-reactive ketones (excluding diaryl/α,β-unsaturated/α-hetero) is 1. The van der Waals surface area contributed by atoms with Crippen molar-refractivity contribution >= 4 is 27.8 Å². The maximum Gasteiger partial charge on any atom is 0.172 e. The molecule has 0 unspecified atom stereocenters. The van der Waals surface area contributed by atoms with Crippen molar-refractivity contribution in [1.29, 1.82) is 0 Å². The molecule has 0 aromatic heterocycles. The first-order valence-corrected chi connectivity index (χ1v) is 5.37. The first-order chi connectivity index (χ1) is 6.61. The Morgan fingerprint density at radius 2 is 1.86 bits per heavy atom. The van der Waals surface area contributed by atoms with Gasteiger partial charge in [0.25, 0.3) is 0 Å². The van der Waals surface area contributed by atoms with Gasteiger partial charge in [-0.2, -0.15) is 0 Å². The summed E-state index contributed by atoms with van der Waals surface area (Å²) < 4.78 is 0.638. The summed E-state index contributed by atoms with van der Waals surface area (Å²) in [5, 5.41) is 0.